The molecule has 26 heavy (non-hydrogen) atoms. The van der Waals surface area contributed by atoms with E-state index in [2.05, 4.69) is 31.4 Å². The summed E-state index contributed by atoms with van der Waals surface area (Å²) < 4.78 is 17.1. The van der Waals surface area contributed by atoms with Crippen molar-refractivity contribution in [2.75, 3.05) is 38.3 Å². The lowest BCUT2D eigenvalue weighted by Gasteiger charge is -2.26. The summed E-state index contributed by atoms with van der Waals surface area (Å²) in [6.45, 7) is 2.92. The molecule has 1 aromatic carbocycles. The topological polar surface area (TPSA) is 76.3 Å². The number of hydrogen-bond acceptors (Lipinski definition) is 6. The summed E-state index contributed by atoms with van der Waals surface area (Å²) >= 11 is 3.49. The Balaban J connectivity index is 1.53. The Morgan fingerprint density at radius 3 is 2.77 bits per heavy atom. The molecule has 1 amide bonds. The molecule has 1 N–H and O–H groups in total. The number of amides is 1. The quantitative estimate of drug-likeness (QED) is 0.572. The van der Waals surface area contributed by atoms with E-state index in [1.807, 2.05) is 30.3 Å². The summed E-state index contributed by atoms with van der Waals surface area (Å²) in [6, 6.07) is 9.16. The van der Waals surface area contributed by atoms with Crippen LogP contribution in [0.3, 0.4) is 0 Å². The molecule has 1 saturated heterocycles. The third-order valence-electron chi connectivity index (χ3n) is 3.89. The number of hydrogen-bond donors (Lipinski definition) is 1. The zero-order chi connectivity index (χ0) is 18.4. The van der Waals surface area contributed by atoms with Gasteiger partial charge in [0.25, 0.3) is 0 Å². The van der Waals surface area contributed by atoms with Crippen molar-refractivity contribution in [2.24, 2.45) is 5.10 Å². The van der Waals surface area contributed by atoms with Gasteiger partial charge in [-0.1, -0.05) is 12.1 Å². The molecule has 2 aromatic rings. The molecular formula is C18H20BrN3O4. The van der Waals surface area contributed by atoms with Crippen LogP contribution in [0.1, 0.15) is 11.3 Å². The van der Waals surface area contributed by atoms with Gasteiger partial charge in [0, 0.05) is 19.2 Å². The highest BCUT2D eigenvalue weighted by molar-refractivity contribution is 9.10. The second kappa shape index (κ2) is 8.86. The summed E-state index contributed by atoms with van der Waals surface area (Å²) in [5, 5.41) is 3.96. The van der Waals surface area contributed by atoms with Crippen LogP contribution in [0, 0.1) is 0 Å². The molecule has 8 heteroatoms. The third kappa shape index (κ3) is 4.86. The fraction of sp³-hybridized carbons (Fsp3) is 0.333. The number of furan rings is 1. The maximum atomic E-state index is 12.0. The molecule has 1 aromatic heterocycles. The second-order valence-corrected chi connectivity index (χ2v) is 6.57. The van der Waals surface area contributed by atoms with Crippen molar-refractivity contribution < 1.29 is 18.7 Å². The predicted octanol–water partition coefficient (Wildman–Crippen LogP) is 2.58. The molecule has 0 bridgehead atoms. The van der Waals surface area contributed by atoms with E-state index in [4.69, 9.17) is 13.9 Å². The average molecular weight is 422 g/mol. The van der Waals surface area contributed by atoms with E-state index in [-0.39, 0.29) is 12.3 Å². The standard InChI is InChI=1S/C18H20BrN3O4/c1-24-14-4-2-13(3-5-14)10-17(23)21-20-12-15-11-16(19)18(26-15)22-6-8-25-9-7-22/h2-5,11-12H,6-10H2,1H3,(H,21,23)/b20-12+. The molecule has 2 heterocycles. The number of rotatable bonds is 6. The summed E-state index contributed by atoms with van der Waals surface area (Å²) in [6.07, 6.45) is 1.73. The van der Waals surface area contributed by atoms with Crippen LogP contribution in [0.5, 0.6) is 5.75 Å². The zero-order valence-electron chi connectivity index (χ0n) is 14.4. The summed E-state index contributed by atoms with van der Waals surface area (Å²) in [7, 11) is 1.61. The largest absolute Gasteiger partial charge is 0.497 e. The predicted molar refractivity (Wildman–Crippen MR) is 102 cm³/mol. The number of methoxy groups -OCH3 is 1. The first-order chi connectivity index (χ1) is 12.7. The number of nitrogens with zero attached hydrogens (tertiary/aromatic N) is 2. The zero-order valence-corrected chi connectivity index (χ0v) is 16.0. The van der Waals surface area contributed by atoms with Crippen molar-refractivity contribution >= 4 is 33.9 Å². The van der Waals surface area contributed by atoms with Gasteiger partial charge in [-0.3, -0.25) is 4.79 Å². The van der Waals surface area contributed by atoms with Crippen molar-refractivity contribution in [1.29, 1.82) is 0 Å². The second-order valence-electron chi connectivity index (χ2n) is 5.72. The highest BCUT2D eigenvalue weighted by Crippen LogP contribution is 2.30. The molecule has 0 aliphatic carbocycles. The molecule has 1 fully saturated rings. The van der Waals surface area contributed by atoms with Crippen LogP contribution in [0.15, 0.2) is 44.3 Å². The monoisotopic (exact) mass is 421 g/mol. The van der Waals surface area contributed by atoms with E-state index in [1.54, 1.807) is 7.11 Å². The summed E-state index contributed by atoms with van der Waals surface area (Å²) in [5.41, 5.74) is 3.39. The van der Waals surface area contributed by atoms with Gasteiger partial charge in [0.05, 0.1) is 37.4 Å². The number of nitrogens with one attached hydrogen (secondary N) is 1. The molecule has 0 unspecified atom stereocenters. The number of ether oxygens (including phenoxy) is 2. The minimum atomic E-state index is -0.203. The number of anilines is 1. The van der Waals surface area contributed by atoms with E-state index in [0.717, 1.165) is 34.8 Å². The lowest BCUT2D eigenvalue weighted by Crippen LogP contribution is -2.36. The number of hydrazone groups is 1. The Labute approximate surface area is 160 Å². The first-order valence-corrected chi connectivity index (χ1v) is 9.02. The molecule has 1 aliphatic heterocycles. The molecule has 138 valence electrons. The maximum absolute atomic E-state index is 12.0. The van der Waals surface area contributed by atoms with E-state index in [0.29, 0.717) is 19.0 Å². The average Bonchev–Trinajstić information content (AvgIpc) is 3.03. The normalized spacial score (nSPS) is 14.6. The van der Waals surface area contributed by atoms with Crippen LogP contribution in [0.4, 0.5) is 5.88 Å². The highest BCUT2D eigenvalue weighted by atomic mass is 79.9. The number of halogens is 1. The molecular weight excluding hydrogens is 402 g/mol. The fourth-order valence-electron chi connectivity index (χ4n) is 2.56. The van der Waals surface area contributed by atoms with Crippen LogP contribution in [-0.2, 0) is 16.0 Å². The molecule has 7 nitrogen and oxygen atoms in total. The third-order valence-corrected chi connectivity index (χ3v) is 4.46. The first-order valence-electron chi connectivity index (χ1n) is 8.22. The highest BCUT2D eigenvalue weighted by Gasteiger charge is 2.18. The minimum Gasteiger partial charge on any atom is -0.497 e. The van der Waals surface area contributed by atoms with Crippen LogP contribution >= 0.6 is 15.9 Å². The molecule has 0 atom stereocenters. The van der Waals surface area contributed by atoms with Crippen molar-refractivity contribution in [1.82, 2.24) is 5.43 Å². The lowest BCUT2D eigenvalue weighted by molar-refractivity contribution is -0.120. The smallest absolute Gasteiger partial charge is 0.244 e. The maximum Gasteiger partial charge on any atom is 0.244 e. The van der Waals surface area contributed by atoms with Crippen LogP contribution < -0.4 is 15.1 Å². The fourth-order valence-corrected chi connectivity index (χ4v) is 3.12. The summed E-state index contributed by atoms with van der Waals surface area (Å²) in [4.78, 5) is 14.1. The van der Waals surface area contributed by atoms with E-state index in [1.165, 1.54) is 6.21 Å². The Morgan fingerprint density at radius 2 is 2.08 bits per heavy atom. The van der Waals surface area contributed by atoms with Gasteiger partial charge >= 0.3 is 0 Å². The summed E-state index contributed by atoms with van der Waals surface area (Å²) in [5.74, 6) is 1.86. The minimum absolute atomic E-state index is 0.203. The lowest BCUT2D eigenvalue weighted by atomic mass is 10.1. The number of carbonyl (C=O) groups excluding carboxylic acids is 1. The van der Waals surface area contributed by atoms with Crippen LogP contribution in [0.2, 0.25) is 0 Å². The van der Waals surface area contributed by atoms with E-state index < -0.39 is 0 Å². The Hall–Kier alpha value is -2.32. The van der Waals surface area contributed by atoms with E-state index in [9.17, 15) is 4.79 Å². The van der Waals surface area contributed by atoms with Crippen LogP contribution in [-0.4, -0.2) is 45.5 Å². The van der Waals surface area contributed by atoms with Gasteiger partial charge in [-0.05, 0) is 33.6 Å². The van der Waals surface area contributed by atoms with Crippen LogP contribution in [0.25, 0.3) is 0 Å². The van der Waals surface area contributed by atoms with Crippen molar-refractivity contribution in [3.8, 4) is 5.75 Å². The first kappa shape index (κ1) is 18.5. The SMILES string of the molecule is COc1ccc(CC(=O)N/N=C/c2cc(Br)c(N3CCOCC3)o2)cc1. The van der Waals surface area contributed by atoms with Gasteiger partial charge < -0.3 is 18.8 Å². The van der Waals surface area contributed by atoms with Gasteiger partial charge in [0.1, 0.15) is 5.75 Å². The van der Waals surface area contributed by atoms with Gasteiger partial charge in [-0.15, -0.1) is 0 Å². The number of morpholine rings is 1. The van der Waals surface area contributed by atoms with Crippen molar-refractivity contribution in [2.45, 2.75) is 6.42 Å². The van der Waals surface area contributed by atoms with Gasteiger partial charge in [-0.25, -0.2) is 5.43 Å². The van der Waals surface area contributed by atoms with Crippen molar-refractivity contribution in [3.05, 3.63) is 46.1 Å². The van der Waals surface area contributed by atoms with Gasteiger partial charge in [-0.2, -0.15) is 5.10 Å². The Kier molecular flexibility index (Phi) is 6.30. The number of carbonyl (C=O) groups is 1. The van der Waals surface area contributed by atoms with Gasteiger partial charge in [0.15, 0.2) is 5.76 Å². The molecule has 0 spiro atoms. The van der Waals surface area contributed by atoms with E-state index >= 15 is 0 Å². The van der Waals surface area contributed by atoms with Gasteiger partial charge in [0.2, 0.25) is 11.8 Å². The number of benzene rings is 1. The molecule has 3 rings (SSSR count). The van der Waals surface area contributed by atoms with Crippen molar-refractivity contribution in [3.63, 3.8) is 0 Å². The Morgan fingerprint density at radius 1 is 1.35 bits per heavy atom. The molecule has 0 radical (unpaired) electrons. The molecule has 0 saturated carbocycles. The Bertz CT molecular complexity index is 767. The molecule has 1 aliphatic rings.